The molecule has 0 fully saturated rings. The number of rotatable bonds is 4. The average Bonchev–Trinajstić information content (AvgIpc) is 2.80. The van der Waals surface area contributed by atoms with Crippen LogP contribution in [0.3, 0.4) is 0 Å². The van der Waals surface area contributed by atoms with Crippen molar-refractivity contribution in [2.75, 3.05) is 5.32 Å². The van der Waals surface area contributed by atoms with Crippen molar-refractivity contribution in [3.8, 4) is 6.07 Å². The van der Waals surface area contributed by atoms with Crippen LogP contribution in [0, 0.1) is 24.2 Å². The Morgan fingerprint density at radius 3 is 2.52 bits per heavy atom. The van der Waals surface area contributed by atoms with Crippen LogP contribution in [0.2, 0.25) is 0 Å². The Balaban J connectivity index is 2.20. The second kappa shape index (κ2) is 5.96. The molecule has 2 rings (SSSR count). The molecule has 106 valence electrons. The van der Waals surface area contributed by atoms with E-state index in [2.05, 4.69) is 15.6 Å². The summed E-state index contributed by atoms with van der Waals surface area (Å²) in [5.41, 5.74) is 1.06. The van der Waals surface area contributed by atoms with Crippen LogP contribution in [0.1, 0.15) is 16.2 Å². The van der Waals surface area contributed by atoms with Gasteiger partial charge < -0.3 is 5.32 Å². The van der Waals surface area contributed by atoms with Gasteiger partial charge in [0.1, 0.15) is 0 Å². The number of nitriles is 1. The molecule has 7 heteroatoms. The highest BCUT2D eigenvalue weighted by Crippen LogP contribution is 2.13. The number of carbonyl (C=O) groups is 2. The normalized spacial score (nSPS) is 11.5. The van der Waals surface area contributed by atoms with Crippen LogP contribution in [-0.2, 0) is 11.8 Å². The highest BCUT2D eigenvalue weighted by Gasteiger charge is 2.31. The van der Waals surface area contributed by atoms with Gasteiger partial charge >= 0.3 is 0 Å². The standard InChI is InChI=1S/C14H13N5O2/c1-9-12(17-18-19(9)2)13(20)11(8-15)14(21)16-10-6-4-3-5-7-10/h3-7,11H,1-2H3,(H,16,21). The van der Waals surface area contributed by atoms with E-state index in [4.69, 9.17) is 5.26 Å². The van der Waals surface area contributed by atoms with Crippen molar-refractivity contribution in [3.05, 3.63) is 41.7 Å². The topological polar surface area (TPSA) is 101 Å². The van der Waals surface area contributed by atoms with Gasteiger partial charge in [0.15, 0.2) is 11.6 Å². The van der Waals surface area contributed by atoms with Crippen LogP contribution in [0.25, 0.3) is 0 Å². The van der Waals surface area contributed by atoms with Gasteiger partial charge in [-0.25, -0.2) is 0 Å². The molecular formula is C14H13N5O2. The number of anilines is 1. The molecule has 1 unspecified atom stereocenters. The van der Waals surface area contributed by atoms with Gasteiger partial charge in [-0.15, -0.1) is 5.10 Å². The van der Waals surface area contributed by atoms with E-state index in [-0.39, 0.29) is 5.69 Å². The van der Waals surface area contributed by atoms with E-state index in [9.17, 15) is 9.59 Å². The number of benzene rings is 1. The van der Waals surface area contributed by atoms with Gasteiger partial charge in [0.2, 0.25) is 11.7 Å². The van der Waals surface area contributed by atoms with Crippen LogP contribution < -0.4 is 5.32 Å². The first-order chi connectivity index (χ1) is 10.0. The molecule has 1 atom stereocenters. The van der Waals surface area contributed by atoms with E-state index in [0.717, 1.165) is 0 Å². The lowest BCUT2D eigenvalue weighted by Crippen LogP contribution is -2.29. The minimum atomic E-state index is -1.46. The molecule has 0 saturated carbocycles. The fourth-order valence-corrected chi connectivity index (χ4v) is 1.74. The number of ketones is 1. The summed E-state index contributed by atoms with van der Waals surface area (Å²) in [6, 6.07) is 10.3. The van der Waals surface area contributed by atoms with Crippen LogP contribution >= 0.6 is 0 Å². The first-order valence-corrected chi connectivity index (χ1v) is 6.20. The summed E-state index contributed by atoms with van der Waals surface area (Å²) in [4.78, 5) is 24.3. The smallest absolute Gasteiger partial charge is 0.249 e. The van der Waals surface area contributed by atoms with Gasteiger partial charge in [-0.05, 0) is 19.1 Å². The number of aromatic nitrogens is 3. The second-order valence-corrected chi connectivity index (χ2v) is 4.43. The number of nitrogens with zero attached hydrogens (tertiary/aromatic N) is 4. The van der Waals surface area contributed by atoms with Gasteiger partial charge in [0, 0.05) is 12.7 Å². The van der Waals surface area contributed by atoms with Crippen molar-refractivity contribution in [3.63, 3.8) is 0 Å². The molecule has 0 aliphatic carbocycles. The Morgan fingerprint density at radius 1 is 1.33 bits per heavy atom. The van der Waals surface area contributed by atoms with Crippen molar-refractivity contribution in [1.29, 1.82) is 5.26 Å². The number of aryl methyl sites for hydroxylation is 1. The fraction of sp³-hybridized carbons (Fsp3) is 0.214. The van der Waals surface area contributed by atoms with E-state index >= 15 is 0 Å². The van der Waals surface area contributed by atoms with Crippen molar-refractivity contribution >= 4 is 17.4 Å². The van der Waals surface area contributed by atoms with Crippen LogP contribution in [0.15, 0.2) is 30.3 Å². The van der Waals surface area contributed by atoms with Crippen molar-refractivity contribution in [1.82, 2.24) is 15.0 Å². The van der Waals surface area contributed by atoms with E-state index in [1.54, 1.807) is 50.4 Å². The molecule has 7 nitrogen and oxygen atoms in total. The zero-order valence-electron chi connectivity index (χ0n) is 11.6. The Morgan fingerprint density at radius 2 is 2.00 bits per heavy atom. The molecule has 0 radical (unpaired) electrons. The number of para-hydroxylation sites is 1. The quantitative estimate of drug-likeness (QED) is 0.668. The zero-order chi connectivity index (χ0) is 15.4. The van der Waals surface area contributed by atoms with Crippen molar-refractivity contribution < 1.29 is 9.59 Å². The van der Waals surface area contributed by atoms with E-state index < -0.39 is 17.6 Å². The van der Waals surface area contributed by atoms with E-state index in [0.29, 0.717) is 11.4 Å². The summed E-state index contributed by atoms with van der Waals surface area (Å²) in [5, 5.41) is 19.1. The minimum absolute atomic E-state index is 0.0345. The fourth-order valence-electron chi connectivity index (χ4n) is 1.74. The highest BCUT2D eigenvalue weighted by molar-refractivity contribution is 6.15. The number of amides is 1. The van der Waals surface area contributed by atoms with Gasteiger partial charge in [-0.2, -0.15) is 5.26 Å². The van der Waals surface area contributed by atoms with E-state index in [1.165, 1.54) is 4.68 Å². The van der Waals surface area contributed by atoms with Crippen molar-refractivity contribution in [2.45, 2.75) is 6.92 Å². The monoisotopic (exact) mass is 283 g/mol. The lowest BCUT2D eigenvalue weighted by Gasteiger charge is -2.08. The number of hydrogen-bond donors (Lipinski definition) is 1. The maximum atomic E-state index is 12.2. The molecule has 0 spiro atoms. The molecule has 2 aromatic rings. The molecule has 1 N–H and O–H groups in total. The number of Topliss-reactive ketones (excluding diaryl/α,β-unsaturated/α-hetero) is 1. The van der Waals surface area contributed by atoms with Gasteiger partial charge in [0.05, 0.1) is 11.8 Å². The Labute approximate surface area is 121 Å². The number of carbonyl (C=O) groups excluding carboxylic acids is 2. The first kappa shape index (κ1) is 14.4. The lowest BCUT2D eigenvalue weighted by atomic mass is 10.0. The summed E-state index contributed by atoms with van der Waals surface area (Å²) < 4.78 is 1.41. The third-order valence-electron chi connectivity index (χ3n) is 3.04. The first-order valence-electron chi connectivity index (χ1n) is 6.20. The molecular weight excluding hydrogens is 270 g/mol. The summed E-state index contributed by atoms with van der Waals surface area (Å²) >= 11 is 0. The van der Waals surface area contributed by atoms with Crippen LogP contribution in [0.5, 0.6) is 0 Å². The minimum Gasteiger partial charge on any atom is -0.325 e. The van der Waals surface area contributed by atoms with Gasteiger partial charge in [-0.1, -0.05) is 23.4 Å². The second-order valence-electron chi connectivity index (χ2n) is 4.43. The lowest BCUT2D eigenvalue weighted by molar-refractivity contribution is -0.117. The Kier molecular flexibility index (Phi) is 4.09. The predicted molar refractivity (Wildman–Crippen MR) is 74.2 cm³/mol. The van der Waals surface area contributed by atoms with Crippen LogP contribution in [-0.4, -0.2) is 26.7 Å². The molecule has 1 heterocycles. The largest absolute Gasteiger partial charge is 0.325 e. The summed E-state index contributed by atoms with van der Waals surface area (Å²) in [7, 11) is 1.63. The maximum Gasteiger partial charge on any atom is 0.249 e. The summed E-state index contributed by atoms with van der Waals surface area (Å²) in [5.74, 6) is -2.80. The number of nitrogens with one attached hydrogen (secondary N) is 1. The predicted octanol–water partition coefficient (Wildman–Crippen LogP) is 1.08. The molecule has 0 aliphatic heterocycles. The average molecular weight is 283 g/mol. The molecule has 0 saturated heterocycles. The SMILES string of the molecule is Cc1c(C(=O)C(C#N)C(=O)Nc2ccccc2)nnn1C. The Hall–Kier alpha value is -3.01. The van der Waals surface area contributed by atoms with Gasteiger partial charge in [-0.3, -0.25) is 14.3 Å². The number of hydrogen-bond acceptors (Lipinski definition) is 5. The van der Waals surface area contributed by atoms with Crippen molar-refractivity contribution in [2.24, 2.45) is 13.0 Å². The van der Waals surface area contributed by atoms with E-state index in [1.807, 2.05) is 0 Å². The third-order valence-corrected chi connectivity index (χ3v) is 3.04. The molecule has 0 bridgehead atoms. The molecule has 1 aromatic heterocycles. The zero-order valence-corrected chi connectivity index (χ0v) is 11.6. The third kappa shape index (κ3) is 2.95. The molecule has 21 heavy (non-hydrogen) atoms. The van der Waals surface area contributed by atoms with Gasteiger partial charge in [0.25, 0.3) is 0 Å². The van der Waals surface area contributed by atoms with Crippen LogP contribution in [0.4, 0.5) is 5.69 Å². The summed E-state index contributed by atoms with van der Waals surface area (Å²) in [6.45, 7) is 1.65. The Bertz CT molecular complexity index is 715. The molecule has 1 amide bonds. The highest BCUT2D eigenvalue weighted by atomic mass is 16.2. The molecule has 0 aliphatic rings. The maximum absolute atomic E-state index is 12.2. The molecule has 1 aromatic carbocycles. The summed E-state index contributed by atoms with van der Waals surface area (Å²) in [6.07, 6.45) is 0.